The topological polar surface area (TPSA) is 29.3 Å². The van der Waals surface area contributed by atoms with E-state index in [-0.39, 0.29) is 5.82 Å². The molecule has 20 heavy (non-hydrogen) atoms. The molecule has 0 spiro atoms. The third-order valence-corrected chi connectivity index (χ3v) is 3.85. The first-order chi connectivity index (χ1) is 9.54. The number of halogens is 2. The molecule has 2 aromatic carbocycles. The van der Waals surface area contributed by atoms with Crippen LogP contribution < -0.4 is 10.6 Å². The molecule has 0 aliphatic heterocycles. The van der Waals surface area contributed by atoms with Gasteiger partial charge in [0.25, 0.3) is 0 Å². The van der Waals surface area contributed by atoms with E-state index in [1.807, 2.05) is 36.1 Å². The van der Waals surface area contributed by atoms with E-state index in [1.54, 1.807) is 12.1 Å². The molecule has 0 amide bonds. The fourth-order valence-corrected chi connectivity index (χ4v) is 2.74. The SMILES string of the molecule is CCN(c1ccccc1F)c1ccc(C(N)=S)cc1Br. The standard InChI is InChI=1S/C15H14BrFN2S/c1-2-19(14-6-4-3-5-12(14)17)13-8-7-10(15(18)20)9-11(13)16/h3-9H,2H2,1H3,(H2,18,20). The molecular weight excluding hydrogens is 339 g/mol. The number of hydrogen-bond donors (Lipinski definition) is 1. The summed E-state index contributed by atoms with van der Waals surface area (Å²) in [6, 6.07) is 12.3. The number of benzene rings is 2. The summed E-state index contributed by atoms with van der Waals surface area (Å²) in [6.07, 6.45) is 0. The Morgan fingerprint density at radius 2 is 1.95 bits per heavy atom. The van der Waals surface area contributed by atoms with Crippen molar-refractivity contribution in [1.29, 1.82) is 0 Å². The van der Waals surface area contributed by atoms with Gasteiger partial charge in [0.1, 0.15) is 10.8 Å². The molecule has 5 heteroatoms. The smallest absolute Gasteiger partial charge is 0.146 e. The average Bonchev–Trinajstić information content (AvgIpc) is 2.43. The minimum Gasteiger partial charge on any atom is -0.389 e. The molecule has 0 aliphatic carbocycles. The van der Waals surface area contributed by atoms with Crippen molar-refractivity contribution in [3.63, 3.8) is 0 Å². The lowest BCUT2D eigenvalue weighted by molar-refractivity contribution is 0.625. The highest BCUT2D eigenvalue weighted by Crippen LogP contribution is 2.33. The third kappa shape index (κ3) is 2.99. The summed E-state index contributed by atoms with van der Waals surface area (Å²) in [4.78, 5) is 2.23. The number of hydrogen-bond acceptors (Lipinski definition) is 2. The lowest BCUT2D eigenvalue weighted by Crippen LogP contribution is -2.18. The van der Waals surface area contributed by atoms with Crippen molar-refractivity contribution >= 4 is 44.5 Å². The van der Waals surface area contributed by atoms with Crippen molar-refractivity contribution in [1.82, 2.24) is 0 Å². The van der Waals surface area contributed by atoms with Crippen LogP contribution in [0.15, 0.2) is 46.9 Å². The molecular formula is C15H14BrFN2S. The summed E-state index contributed by atoms with van der Waals surface area (Å²) in [5.41, 5.74) is 7.80. The minimum absolute atomic E-state index is 0.250. The quantitative estimate of drug-likeness (QED) is 0.827. The fourth-order valence-electron chi connectivity index (χ4n) is 2.02. The first kappa shape index (κ1) is 14.9. The Bertz CT molecular complexity index is 646. The zero-order chi connectivity index (χ0) is 14.7. The molecule has 0 bridgehead atoms. The number of rotatable bonds is 4. The van der Waals surface area contributed by atoms with Crippen LogP contribution in [0.1, 0.15) is 12.5 Å². The Balaban J connectivity index is 2.48. The average molecular weight is 353 g/mol. The Morgan fingerprint density at radius 3 is 2.50 bits per heavy atom. The molecule has 0 saturated heterocycles. The molecule has 2 nitrogen and oxygen atoms in total. The monoisotopic (exact) mass is 352 g/mol. The normalized spacial score (nSPS) is 10.3. The fraction of sp³-hybridized carbons (Fsp3) is 0.133. The molecule has 0 unspecified atom stereocenters. The van der Waals surface area contributed by atoms with Gasteiger partial charge in [-0.2, -0.15) is 0 Å². The van der Waals surface area contributed by atoms with Gasteiger partial charge in [0.05, 0.1) is 11.4 Å². The summed E-state index contributed by atoms with van der Waals surface area (Å²) in [5, 5.41) is 0. The maximum Gasteiger partial charge on any atom is 0.146 e. The van der Waals surface area contributed by atoms with Crippen LogP contribution in [0.5, 0.6) is 0 Å². The molecule has 2 aromatic rings. The van der Waals surface area contributed by atoms with Crippen molar-refractivity contribution in [2.75, 3.05) is 11.4 Å². The molecule has 104 valence electrons. The summed E-state index contributed by atoms with van der Waals surface area (Å²) in [7, 11) is 0. The van der Waals surface area contributed by atoms with Crippen molar-refractivity contribution in [2.45, 2.75) is 6.92 Å². The second-order valence-electron chi connectivity index (χ2n) is 4.23. The van der Waals surface area contributed by atoms with Crippen molar-refractivity contribution in [2.24, 2.45) is 5.73 Å². The molecule has 0 atom stereocenters. The predicted octanol–water partition coefficient (Wildman–Crippen LogP) is 4.38. The highest BCUT2D eigenvalue weighted by atomic mass is 79.9. The van der Waals surface area contributed by atoms with Crippen LogP contribution in [0, 0.1) is 5.82 Å². The second kappa shape index (κ2) is 6.33. The molecule has 0 aliphatic rings. The highest BCUT2D eigenvalue weighted by molar-refractivity contribution is 9.10. The molecule has 0 fully saturated rings. The molecule has 0 radical (unpaired) electrons. The largest absolute Gasteiger partial charge is 0.389 e. The van der Waals surface area contributed by atoms with E-state index in [2.05, 4.69) is 15.9 Å². The van der Waals surface area contributed by atoms with Crippen molar-refractivity contribution in [3.05, 3.63) is 58.3 Å². The Hall–Kier alpha value is -1.46. The van der Waals surface area contributed by atoms with Gasteiger partial charge < -0.3 is 10.6 Å². The van der Waals surface area contributed by atoms with Gasteiger partial charge >= 0.3 is 0 Å². The minimum atomic E-state index is -0.250. The molecule has 0 saturated carbocycles. The Morgan fingerprint density at radius 1 is 1.25 bits per heavy atom. The Labute approximate surface area is 131 Å². The van der Waals surface area contributed by atoms with E-state index in [0.29, 0.717) is 17.2 Å². The number of anilines is 2. The number of nitrogens with zero attached hydrogens (tertiary/aromatic N) is 1. The Kier molecular flexibility index (Phi) is 4.73. The van der Waals surface area contributed by atoms with Crippen LogP contribution in [0.25, 0.3) is 0 Å². The number of nitrogens with two attached hydrogens (primary N) is 1. The zero-order valence-corrected chi connectivity index (χ0v) is 13.3. The first-order valence-corrected chi connectivity index (χ1v) is 7.36. The van der Waals surface area contributed by atoms with Gasteiger partial charge in [-0.3, -0.25) is 0 Å². The van der Waals surface area contributed by atoms with Gasteiger partial charge in [-0.15, -0.1) is 0 Å². The number of thiocarbonyl (C=S) groups is 1. The van der Waals surface area contributed by atoms with Gasteiger partial charge in [0, 0.05) is 16.6 Å². The van der Waals surface area contributed by atoms with Crippen LogP contribution in [0.4, 0.5) is 15.8 Å². The first-order valence-electron chi connectivity index (χ1n) is 6.16. The second-order valence-corrected chi connectivity index (χ2v) is 5.52. The van der Waals surface area contributed by atoms with Crippen LogP contribution >= 0.6 is 28.1 Å². The number of para-hydroxylation sites is 1. The summed E-state index contributed by atoms with van der Waals surface area (Å²) in [5.74, 6) is -0.250. The zero-order valence-electron chi connectivity index (χ0n) is 10.9. The van der Waals surface area contributed by atoms with Gasteiger partial charge in [-0.25, -0.2) is 4.39 Å². The lowest BCUT2D eigenvalue weighted by Gasteiger charge is -2.25. The molecule has 0 aromatic heterocycles. The summed E-state index contributed by atoms with van der Waals surface area (Å²) in [6.45, 7) is 2.62. The molecule has 2 N–H and O–H groups in total. The van der Waals surface area contributed by atoms with E-state index in [0.717, 1.165) is 15.7 Å². The van der Waals surface area contributed by atoms with E-state index in [4.69, 9.17) is 18.0 Å². The van der Waals surface area contributed by atoms with E-state index >= 15 is 0 Å². The summed E-state index contributed by atoms with van der Waals surface area (Å²) < 4.78 is 14.8. The molecule has 0 heterocycles. The van der Waals surface area contributed by atoms with E-state index < -0.39 is 0 Å². The van der Waals surface area contributed by atoms with E-state index in [9.17, 15) is 4.39 Å². The lowest BCUT2D eigenvalue weighted by atomic mass is 10.1. The van der Waals surface area contributed by atoms with Crippen LogP contribution in [0.2, 0.25) is 0 Å². The molecule has 2 rings (SSSR count). The summed E-state index contributed by atoms with van der Waals surface area (Å²) >= 11 is 8.46. The van der Waals surface area contributed by atoms with E-state index in [1.165, 1.54) is 6.07 Å². The third-order valence-electron chi connectivity index (χ3n) is 2.98. The van der Waals surface area contributed by atoms with Gasteiger partial charge in [-0.05, 0) is 53.2 Å². The van der Waals surface area contributed by atoms with Crippen molar-refractivity contribution < 1.29 is 4.39 Å². The van der Waals surface area contributed by atoms with Crippen LogP contribution in [0.3, 0.4) is 0 Å². The van der Waals surface area contributed by atoms with Gasteiger partial charge in [0.2, 0.25) is 0 Å². The predicted molar refractivity (Wildman–Crippen MR) is 89.1 cm³/mol. The highest BCUT2D eigenvalue weighted by Gasteiger charge is 2.14. The van der Waals surface area contributed by atoms with Crippen molar-refractivity contribution in [3.8, 4) is 0 Å². The van der Waals surface area contributed by atoms with Gasteiger partial charge in [0.15, 0.2) is 0 Å². The van der Waals surface area contributed by atoms with Crippen LogP contribution in [-0.4, -0.2) is 11.5 Å². The maximum atomic E-state index is 14.0. The maximum absolute atomic E-state index is 14.0. The van der Waals surface area contributed by atoms with Crippen LogP contribution in [-0.2, 0) is 0 Å². The van der Waals surface area contributed by atoms with Gasteiger partial charge in [-0.1, -0.05) is 24.4 Å².